The molecule has 1 aliphatic rings. The van der Waals surface area contributed by atoms with Crippen LogP contribution >= 0.6 is 15.9 Å². The zero-order chi connectivity index (χ0) is 11.8. The van der Waals surface area contributed by atoms with Gasteiger partial charge in [-0.25, -0.2) is 4.39 Å². The molecular weight excluding hydrogens is 275 g/mol. The van der Waals surface area contributed by atoms with Gasteiger partial charge in [0.15, 0.2) is 0 Å². The molecule has 2 nitrogen and oxygen atoms in total. The Kier molecular flexibility index (Phi) is 3.33. The van der Waals surface area contributed by atoms with E-state index in [4.69, 9.17) is 4.74 Å². The highest BCUT2D eigenvalue weighted by Crippen LogP contribution is 2.39. The molecule has 1 saturated carbocycles. The fourth-order valence-corrected chi connectivity index (χ4v) is 2.31. The predicted molar refractivity (Wildman–Crippen MR) is 62.7 cm³/mol. The van der Waals surface area contributed by atoms with Crippen LogP contribution in [0.25, 0.3) is 0 Å². The Morgan fingerprint density at radius 3 is 2.75 bits per heavy atom. The van der Waals surface area contributed by atoms with Crippen LogP contribution in [0.3, 0.4) is 0 Å². The highest BCUT2D eigenvalue weighted by Gasteiger charge is 2.40. The molecule has 1 aromatic rings. The van der Waals surface area contributed by atoms with Crippen molar-refractivity contribution in [3.63, 3.8) is 0 Å². The molecule has 0 aliphatic heterocycles. The summed E-state index contributed by atoms with van der Waals surface area (Å²) in [6.45, 7) is 0.449. The zero-order valence-electron chi connectivity index (χ0n) is 9.09. The van der Waals surface area contributed by atoms with E-state index in [0.29, 0.717) is 23.1 Å². The normalized spacial score (nSPS) is 17.5. The monoisotopic (exact) mass is 288 g/mol. The maximum absolute atomic E-state index is 13.8. The average Bonchev–Trinajstić information content (AvgIpc) is 2.92. The van der Waals surface area contributed by atoms with Crippen LogP contribution in [0.2, 0.25) is 0 Å². The van der Waals surface area contributed by atoms with Gasteiger partial charge in [-0.1, -0.05) is 6.07 Å². The lowest BCUT2D eigenvalue weighted by atomic mass is 10.0. The summed E-state index contributed by atoms with van der Waals surface area (Å²) in [6.07, 6.45) is 1.91. The van der Waals surface area contributed by atoms with Crippen molar-refractivity contribution in [2.75, 3.05) is 7.11 Å². The molecule has 2 rings (SSSR count). The molecule has 1 fully saturated rings. The van der Waals surface area contributed by atoms with Gasteiger partial charge < -0.3 is 9.84 Å². The van der Waals surface area contributed by atoms with Crippen LogP contribution < -0.4 is 0 Å². The lowest BCUT2D eigenvalue weighted by Crippen LogP contribution is -2.12. The highest BCUT2D eigenvalue weighted by molar-refractivity contribution is 9.10. The number of methoxy groups -OCH3 is 1. The number of ether oxygens (including phenoxy) is 1. The zero-order valence-corrected chi connectivity index (χ0v) is 10.7. The topological polar surface area (TPSA) is 29.5 Å². The summed E-state index contributed by atoms with van der Waals surface area (Å²) in [5, 5.41) is 9.81. The van der Waals surface area contributed by atoms with E-state index in [1.165, 1.54) is 0 Å². The van der Waals surface area contributed by atoms with Gasteiger partial charge in [0.2, 0.25) is 0 Å². The number of hydrogen-bond acceptors (Lipinski definition) is 2. The van der Waals surface area contributed by atoms with Crippen LogP contribution in [-0.4, -0.2) is 17.8 Å². The number of benzene rings is 1. The second-order valence-corrected chi connectivity index (χ2v) is 5.24. The maximum Gasteiger partial charge on any atom is 0.140 e. The highest BCUT2D eigenvalue weighted by atomic mass is 79.9. The maximum atomic E-state index is 13.8. The first kappa shape index (κ1) is 12.0. The summed E-state index contributed by atoms with van der Waals surface area (Å²) in [6, 6.07) is 3.47. The second kappa shape index (κ2) is 4.43. The van der Waals surface area contributed by atoms with Gasteiger partial charge in [0, 0.05) is 13.5 Å². The Balaban J connectivity index is 2.27. The Morgan fingerprint density at radius 1 is 1.50 bits per heavy atom. The van der Waals surface area contributed by atoms with E-state index in [2.05, 4.69) is 15.9 Å². The summed E-state index contributed by atoms with van der Waals surface area (Å²) in [4.78, 5) is 0. The first-order valence-corrected chi connectivity index (χ1v) is 6.01. The number of hydrogen-bond donors (Lipinski definition) is 1. The van der Waals surface area contributed by atoms with Gasteiger partial charge in [0.1, 0.15) is 5.82 Å². The summed E-state index contributed by atoms with van der Waals surface area (Å²) in [5.74, 6) is -0.278. The van der Waals surface area contributed by atoms with Crippen LogP contribution in [0.1, 0.15) is 24.0 Å². The second-order valence-electron chi connectivity index (χ2n) is 4.38. The molecule has 0 unspecified atom stereocenters. The van der Waals surface area contributed by atoms with Gasteiger partial charge in [-0.05, 0) is 46.0 Å². The van der Waals surface area contributed by atoms with Crippen LogP contribution in [0.5, 0.6) is 0 Å². The molecule has 0 aromatic heterocycles. The third-order valence-electron chi connectivity index (χ3n) is 2.82. The van der Waals surface area contributed by atoms with Gasteiger partial charge in [-0.3, -0.25) is 0 Å². The Morgan fingerprint density at radius 2 is 2.19 bits per heavy atom. The molecule has 4 heteroatoms. The lowest BCUT2D eigenvalue weighted by Gasteiger charge is -2.11. The minimum absolute atomic E-state index is 0.278. The molecule has 88 valence electrons. The van der Waals surface area contributed by atoms with Gasteiger partial charge in [0.05, 0.1) is 16.7 Å². The molecule has 16 heavy (non-hydrogen) atoms. The van der Waals surface area contributed by atoms with E-state index < -0.39 is 5.60 Å². The van der Waals surface area contributed by atoms with Crippen molar-refractivity contribution in [1.29, 1.82) is 0 Å². The molecule has 0 amide bonds. The molecule has 1 N–H and O–H groups in total. The molecule has 0 atom stereocenters. The van der Waals surface area contributed by atoms with Crippen molar-refractivity contribution >= 4 is 15.9 Å². The Bertz CT molecular complexity index is 402. The average molecular weight is 289 g/mol. The third kappa shape index (κ3) is 2.62. The SMILES string of the molecule is COCc1cc(Br)c(F)c(CC2(O)CC2)c1. The van der Waals surface area contributed by atoms with Gasteiger partial charge in [-0.2, -0.15) is 0 Å². The fourth-order valence-electron chi connectivity index (χ4n) is 1.76. The summed E-state index contributed by atoms with van der Waals surface area (Å²) in [7, 11) is 1.60. The van der Waals surface area contributed by atoms with Gasteiger partial charge in [-0.15, -0.1) is 0 Å². The molecule has 0 spiro atoms. The van der Waals surface area contributed by atoms with Crippen LogP contribution in [0.15, 0.2) is 16.6 Å². The van der Waals surface area contributed by atoms with Gasteiger partial charge >= 0.3 is 0 Å². The molecule has 0 heterocycles. The van der Waals surface area contributed by atoms with Crippen molar-refractivity contribution in [3.8, 4) is 0 Å². The predicted octanol–water partition coefficient (Wildman–Crippen LogP) is 2.80. The Hall–Kier alpha value is -0.450. The molecule has 1 aliphatic carbocycles. The summed E-state index contributed by atoms with van der Waals surface area (Å²) >= 11 is 3.18. The van der Waals surface area contributed by atoms with E-state index in [-0.39, 0.29) is 5.82 Å². The number of rotatable bonds is 4. The first-order chi connectivity index (χ1) is 7.54. The van der Waals surface area contributed by atoms with Crippen LogP contribution in [0, 0.1) is 5.82 Å². The van der Waals surface area contributed by atoms with Crippen LogP contribution in [0.4, 0.5) is 4.39 Å². The molecule has 0 bridgehead atoms. The van der Waals surface area contributed by atoms with E-state index >= 15 is 0 Å². The quantitative estimate of drug-likeness (QED) is 0.923. The summed E-state index contributed by atoms with van der Waals surface area (Å²) < 4.78 is 19.2. The first-order valence-electron chi connectivity index (χ1n) is 5.22. The van der Waals surface area contributed by atoms with E-state index in [1.54, 1.807) is 19.2 Å². The van der Waals surface area contributed by atoms with E-state index in [9.17, 15) is 9.50 Å². The lowest BCUT2D eigenvalue weighted by molar-refractivity contribution is 0.149. The van der Waals surface area contributed by atoms with Crippen molar-refractivity contribution in [2.45, 2.75) is 31.5 Å². The standard InChI is InChI=1S/C12H14BrFO2/c1-16-7-8-4-9(6-12(15)2-3-12)11(14)10(13)5-8/h4-5,15H,2-3,6-7H2,1H3. The number of halogens is 2. The minimum atomic E-state index is -0.675. The van der Waals surface area contributed by atoms with Crippen LogP contribution in [-0.2, 0) is 17.8 Å². The smallest absolute Gasteiger partial charge is 0.140 e. The molecular formula is C12H14BrFO2. The molecule has 1 aromatic carbocycles. The van der Waals surface area contributed by atoms with Crippen molar-refractivity contribution < 1.29 is 14.2 Å². The van der Waals surface area contributed by atoms with E-state index in [1.807, 2.05) is 0 Å². The molecule has 0 saturated heterocycles. The fraction of sp³-hybridized carbons (Fsp3) is 0.500. The molecule has 0 radical (unpaired) electrons. The minimum Gasteiger partial charge on any atom is -0.390 e. The van der Waals surface area contributed by atoms with Gasteiger partial charge in [0.25, 0.3) is 0 Å². The number of aliphatic hydroxyl groups is 1. The van der Waals surface area contributed by atoms with E-state index in [0.717, 1.165) is 18.4 Å². The third-order valence-corrected chi connectivity index (χ3v) is 3.40. The Labute approximate surface area is 103 Å². The van der Waals surface area contributed by atoms with Crippen molar-refractivity contribution in [3.05, 3.63) is 33.5 Å². The largest absolute Gasteiger partial charge is 0.390 e. The van der Waals surface area contributed by atoms with Crippen molar-refractivity contribution in [2.24, 2.45) is 0 Å². The van der Waals surface area contributed by atoms with Crippen molar-refractivity contribution in [1.82, 2.24) is 0 Å². The summed E-state index contributed by atoms with van der Waals surface area (Å²) in [5.41, 5.74) is 0.794.